The van der Waals surface area contributed by atoms with Crippen LogP contribution in [0.1, 0.15) is 0 Å². The summed E-state index contributed by atoms with van der Waals surface area (Å²) in [7, 11) is 1.52. The van der Waals surface area contributed by atoms with E-state index in [-0.39, 0.29) is 6.03 Å². The molecule has 4 N–H and O–H groups in total. The van der Waals surface area contributed by atoms with Crippen molar-refractivity contribution in [1.29, 1.82) is 0 Å². The summed E-state index contributed by atoms with van der Waals surface area (Å²) in [5, 5.41) is 6.75. The number of pyridine rings is 2. The molecule has 0 saturated carbocycles. The summed E-state index contributed by atoms with van der Waals surface area (Å²) in [6.07, 6.45) is 1.54. The molecule has 2 heterocycles. The SMILES string of the molecule is CNC(=O)Nc1cc2cc(Cl)nc(N)c2cn1. The van der Waals surface area contributed by atoms with E-state index >= 15 is 0 Å². The Hall–Kier alpha value is -2.08. The Morgan fingerprint density at radius 2 is 2.24 bits per heavy atom. The van der Waals surface area contributed by atoms with E-state index in [9.17, 15) is 4.79 Å². The predicted octanol–water partition coefficient (Wildman–Crippen LogP) is 1.62. The topological polar surface area (TPSA) is 92.9 Å². The summed E-state index contributed by atoms with van der Waals surface area (Å²) < 4.78 is 0. The molecule has 2 rings (SSSR count). The second kappa shape index (κ2) is 4.42. The number of amides is 2. The number of urea groups is 1. The van der Waals surface area contributed by atoms with Gasteiger partial charge in [-0.2, -0.15) is 0 Å². The summed E-state index contributed by atoms with van der Waals surface area (Å²) in [4.78, 5) is 19.1. The highest BCUT2D eigenvalue weighted by Gasteiger charge is 2.05. The lowest BCUT2D eigenvalue weighted by atomic mass is 10.2. The molecule has 7 heteroatoms. The fourth-order valence-electron chi connectivity index (χ4n) is 1.39. The average Bonchev–Trinajstić information content (AvgIpc) is 2.28. The molecule has 2 aromatic heterocycles. The molecule has 0 spiro atoms. The van der Waals surface area contributed by atoms with Gasteiger partial charge in [0.1, 0.15) is 16.8 Å². The lowest BCUT2D eigenvalue weighted by molar-refractivity contribution is 0.254. The molecule has 0 aliphatic heterocycles. The van der Waals surface area contributed by atoms with E-state index in [1.54, 1.807) is 18.3 Å². The third-order valence-electron chi connectivity index (χ3n) is 2.18. The number of rotatable bonds is 1. The maximum Gasteiger partial charge on any atom is 0.320 e. The van der Waals surface area contributed by atoms with Crippen LogP contribution < -0.4 is 16.4 Å². The van der Waals surface area contributed by atoms with Gasteiger partial charge in [0.15, 0.2) is 0 Å². The van der Waals surface area contributed by atoms with Crippen LogP contribution in [0, 0.1) is 0 Å². The molecule has 0 aliphatic rings. The van der Waals surface area contributed by atoms with Crippen molar-refractivity contribution < 1.29 is 4.79 Å². The highest BCUT2D eigenvalue weighted by Crippen LogP contribution is 2.23. The first-order chi connectivity index (χ1) is 8.10. The monoisotopic (exact) mass is 251 g/mol. The zero-order chi connectivity index (χ0) is 12.4. The van der Waals surface area contributed by atoms with Crippen LogP contribution in [0.4, 0.5) is 16.4 Å². The third kappa shape index (κ3) is 2.36. The van der Waals surface area contributed by atoms with Crippen molar-refractivity contribution in [3.63, 3.8) is 0 Å². The molecule has 0 atom stereocenters. The van der Waals surface area contributed by atoms with Crippen LogP contribution in [-0.4, -0.2) is 23.0 Å². The van der Waals surface area contributed by atoms with Crippen molar-refractivity contribution in [1.82, 2.24) is 15.3 Å². The summed E-state index contributed by atoms with van der Waals surface area (Å²) in [6.45, 7) is 0. The van der Waals surface area contributed by atoms with E-state index in [0.717, 1.165) is 5.39 Å². The molecular weight excluding hydrogens is 242 g/mol. The number of fused-ring (bicyclic) bond motifs is 1. The molecule has 0 aliphatic carbocycles. The molecule has 2 amide bonds. The van der Waals surface area contributed by atoms with Gasteiger partial charge in [0.05, 0.1) is 0 Å². The Morgan fingerprint density at radius 3 is 2.94 bits per heavy atom. The number of hydrogen-bond acceptors (Lipinski definition) is 4. The molecule has 0 saturated heterocycles. The first-order valence-electron chi connectivity index (χ1n) is 4.80. The van der Waals surface area contributed by atoms with Crippen molar-refractivity contribution in [2.75, 3.05) is 18.1 Å². The number of nitrogens with one attached hydrogen (secondary N) is 2. The van der Waals surface area contributed by atoms with Crippen LogP contribution in [0.15, 0.2) is 18.3 Å². The minimum Gasteiger partial charge on any atom is -0.383 e. The normalized spacial score (nSPS) is 10.2. The minimum absolute atomic E-state index is 0.298. The molecule has 2 aromatic rings. The third-order valence-corrected chi connectivity index (χ3v) is 2.38. The van der Waals surface area contributed by atoms with Crippen molar-refractivity contribution >= 4 is 40.0 Å². The molecule has 0 bridgehead atoms. The van der Waals surface area contributed by atoms with Gasteiger partial charge in [-0.05, 0) is 17.5 Å². The smallest absolute Gasteiger partial charge is 0.320 e. The summed E-state index contributed by atoms with van der Waals surface area (Å²) in [6, 6.07) is 2.99. The number of nitrogen functional groups attached to an aromatic ring is 1. The minimum atomic E-state index is -0.343. The molecule has 0 radical (unpaired) electrons. The van der Waals surface area contributed by atoms with E-state index in [0.29, 0.717) is 22.2 Å². The Labute approximate surface area is 102 Å². The maximum atomic E-state index is 11.1. The van der Waals surface area contributed by atoms with Gasteiger partial charge in [-0.3, -0.25) is 5.32 Å². The molecule has 0 unspecified atom stereocenters. The van der Waals surface area contributed by atoms with E-state index < -0.39 is 0 Å². The fraction of sp³-hybridized carbons (Fsp3) is 0.100. The first-order valence-corrected chi connectivity index (χ1v) is 5.18. The van der Waals surface area contributed by atoms with Gasteiger partial charge in [0, 0.05) is 18.6 Å². The molecule has 17 heavy (non-hydrogen) atoms. The number of carbonyl (C=O) groups is 1. The van der Waals surface area contributed by atoms with Crippen LogP contribution in [0.3, 0.4) is 0 Å². The number of aromatic nitrogens is 2. The molecular formula is C10H10ClN5O. The van der Waals surface area contributed by atoms with Crippen molar-refractivity contribution in [2.24, 2.45) is 0 Å². The van der Waals surface area contributed by atoms with Crippen molar-refractivity contribution in [2.45, 2.75) is 0 Å². The molecule has 0 fully saturated rings. The van der Waals surface area contributed by atoms with E-state index in [4.69, 9.17) is 17.3 Å². The average molecular weight is 252 g/mol. The number of carbonyl (C=O) groups excluding carboxylic acids is 1. The highest BCUT2D eigenvalue weighted by molar-refractivity contribution is 6.30. The Bertz CT molecular complexity index is 586. The van der Waals surface area contributed by atoms with Gasteiger partial charge in [-0.15, -0.1) is 0 Å². The standard InChI is InChI=1S/C10H10ClN5O/c1-13-10(17)16-8-3-5-2-7(11)15-9(12)6(5)4-14-8/h2-4H,1H3,(H2,12,15)(H2,13,14,16,17). The van der Waals surface area contributed by atoms with Gasteiger partial charge >= 0.3 is 6.03 Å². The van der Waals surface area contributed by atoms with Gasteiger partial charge in [0.25, 0.3) is 0 Å². The van der Waals surface area contributed by atoms with Gasteiger partial charge < -0.3 is 11.1 Å². The number of nitrogens with zero attached hydrogens (tertiary/aromatic N) is 2. The fourth-order valence-corrected chi connectivity index (χ4v) is 1.60. The number of halogens is 1. The highest BCUT2D eigenvalue weighted by atomic mass is 35.5. The lowest BCUT2D eigenvalue weighted by Crippen LogP contribution is -2.24. The lowest BCUT2D eigenvalue weighted by Gasteiger charge is -2.06. The van der Waals surface area contributed by atoms with Gasteiger partial charge in [-0.25, -0.2) is 14.8 Å². The Morgan fingerprint density at radius 1 is 1.47 bits per heavy atom. The molecule has 0 aromatic carbocycles. The van der Waals surface area contributed by atoms with Gasteiger partial charge in [-0.1, -0.05) is 11.6 Å². The second-order valence-corrected chi connectivity index (χ2v) is 3.71. The number of hydrogen-bond donors (Lipinski definition) is 3. The van der Waals surface area contributed by atoms with Gasteiger partial charge in [0.2, 0.25) is 0 Å². The summed E-state index contributed by atoms with van der Waals surface area (Å²) >= 11 is 5.80. The number of nitrogens with two attached hydrogens (primary N) is 1. The number of anilines is 2. The first kappa shape index (κ1) is 11.4. The Balaban J connectivity index is 2.46. The van der Waals surface area contributed by atoms with Crippen LogP contribution >= 0.6 is 11.6 Å². The largest absolute Gasteiger partial charge is 0.383 e. The van der Waals surface area contributed by atoms with Crippen LogP contribution in [0.5, 0.6) is 0 Å². The zero-order valence-corrected chi connectivity index (χ0v) is 9.75. The van der Waals surface area contributed by atoms with Crippen molar-refractivity contribution in [3.8, 4) is 0 Å². The van der Waals surface area contributed by atoms with Crippen LogP contribution in [0.2, 0.25) is 5.15 Å². The zero-order valence-electron chi connectivity index (χ0n) is 8.99. The molecule has 6 nitrogen and oxygen atoms in total. The van der Waals surface area contributed by atoms with E-state index in [2.05, 4.69) is 20.6 Å². The van der Waals surface area contributed by atoms with Crippen LogP contribution in [0.25, 0.3) is 10.8 Å². The Kier molecular flexibility index (Phi) is 2.97. The van der Waals surface area contributed by atoms with E-state index in [1.165, 1.54) is 7.05 Å². The molecule has 88 valence electrons. The second-order valence-electron chi connectivity index (χ2n) is 3.33. The quantitative estimate of drug-likeness (QED) is 0.672. The van der Waals surface area contributed by atoms with Crippen molar-refractivity contribution in [3.05, 3.63) is 23.5 Å². The predicted molar refractivity (Wildman–Crippen MR) is 67.0 cm³/mol. The summed E-state index contributed by atoms with van der Waals surface area (Å²) in [5.74, 6) is 0.727. The van der Waals surface area contributed by atoms with E-state index in [1.807, 2.05) is 0 Å². The summed E-state index contributed by atoms with van der Waals surface area (Å²) in [5.41, 5.74) is 5.70. The van der Waals surface area contributed by atoms with Crippen LogP contribution in [-0.2, 0) is 0 Å². The maximum absolute atomic E-state index is 11.1.